The molecule has 0 spiro atoms. The molecule has 7 nitrogen and oxygen atoms in total. The summed E-state index contributed by atoms with van der Waals surface area (Å²) in [5.41, 5.74) is 0. The second kappa shape index (κ2) is 8.19. The number of nitrogens with one attached hydrogen (secondary N) is 2. The number of hydrogen-bond acceptors (Lipinski definition) is 4. The van der Waals surface area contributed by atoms with Gasteiger partial charge in [-0.25, -0.2) is 4.79 Å². The van der Waals surface area contributed by atoms with Gasteiger partial charge in [0, 0.05) is 25.7 Å². The highest BCUT2D eigenvalue weighted by atomic mass is 16.5. The lowest BCUT2D eigenvalue weighted by Gasteiger charge is -2.26. The van der Waals surface area contributed by atoms with Crippen LogP contribution in [0.25, 0.3) is 0 Å². The molecule has 3 N–H and O–H groups in total. The van der Waals surface area contributed by atoms with Crippen LogP contribution in [-0.4, -0.2) is 67.4 Å². The van der Waals surface area contributed by atoms with Crippen LogP contribution in [0.1, 0.15) is 25.7 Å². The van der Waals surface area contributed by atoms with Crippen molar-refractivity contribution < 1.29 is 19.4 Å². The van der Waals surface area contributed by atoms with Gasteiger partial charge in [-0.15, -0.1) is 0 Å². The number of aliphatic carboxylic acids is 1. The first-order valence-electron chi connectivity index (χ1n) is 7.72. The average Bonchev–Trinajstić information content (AvgIpc) is 2.93. The first-order valence-corrected chi connectivity index (χ1v) is 7.72. The molecule has 0 bridgehead atoms. The molecule has 7 heteroatoms. The Labute approximate surface area is 125 Å². The van der Waals surface area contributed by atoms with E-state index in [1.807, 2.05) is 0 Å². The van der Waals surface area contributed by atoms with Gasteiger partial charge < -0.3 is 20.5 Å². The molecule has 0 aromatic heterocycles. The Morgan fingerprint density at radius 2 is 2.00 bits per heavy atom. The largest absolute Gasteiger partial charge is 0.481 e. The van der Waals surface area contributed by atoms with Crippen molar-refractivity contribution in [3.05, 3.63) is 0 Å². The van der Waals surface area contributed by atoms with Gasteiger partial charge >= 0.3 is 12.0 Å². The van der Waals surface area contributed by atoms with Crippen LogP contribution < -0.4 is 10.6 Å². The first kappa shape index (κ1) is 16.0. The van der Waals surface area contributed by atoms with E-state index in [1.165, 1.54) is 0 Å². The standard InChI is InChI=1S/C14H25N3O4/c18-13(19)11-2-3-12(10-11)16-14(20)15-4-1-5-17-6-8-21-9-7-17/h11-12H,1-10H2,(H,18,19)(H2,15,16,20)/t11-,12+/m1/s1. The van der Waals surface area contributed by atoms with E-state index in [0.29, 0.717) is 19.4 Å². The van der Waals surface area contributed by atoms with Crippen LogP contribution in [0.15, 0.2) is 0 Å². The second-order valence-electron chi connectivity index (χ2n) is 5.75. The molecule has 2 fully saturated rings. The summed E-state index contributed by atoms with van der Waals surface area (Å²) >= 11 is 0. The van der Waals surface area contributed by atoms with Crippen LogP contribution in [-0.2, 0) is 9.53 Å². The second-order valence-corrected chi connectivity index (χ2v) is 5.75. The summed E-state index contributed by atoms with van der Waals surface area (Å²) in [5.74, 6) is -1.07. The summed E-state index contributed by atoms with van der Waals surface area (Å²) in [5, 5.41) is 14.6. The van der Waals surface area contributed by atoms with E-state index in [4.69, 9.17) is 9.84 Å². The van der Waals surface area contributed by atoms with E-state index >= 15 is 0 Å². The quantitative estimate of drug-likeness (QED) is 0.612. The number of carboxylic acid groups (broad SMARTS) is 1. The molecule has 1 heterocycles. The zero-order valence-corrected chi connectivity index (χ0v) is 12.3. The molecule has 0 radical (unpaired) electrons. The van der Waals surface area contributed by atoms with Gasteiger partial charge in [-0.2, -0.15) is 0 Å². The molecule has 0 unspecified atom stereocenters. The number of carbonyl (C=O) groups excluding carboxylic acids is 1. The zero-order chi connectivity index (χ0) is 15.1. The highest BCUT2D eigenvalue weighted by molar-refractivity contribution is 5.75. The maximum absolute atomic E-state index is 11.7. The van der Waals surface area contributed by atoms with Crippen LogP contribution in [0.4, 0.5) is 4.79 Å². The molecule has 0 aromatic carbocycles. The summed E-state index contributed by atoms with van der Waals surface area (Å²) in [6, 6.07) is -0.196. The third-order valence-corrected chi connectivity index (χ3v) is 4.16. The van der Waals surface area contributed by atoms with Gasteiger partial charge in [-0.1, -0.05) is 0 Å². The van der Waals surface area contributed by atoms with Crippen LogP contribution in [0.2, 0.25) is 0 Å². The van der Waals surface area contributed by atoms with E-state index in [0.717, 1.165) is 45.7 Å². The van der Waals surface area contributed by atoms with Crippen molar-refractivity contribution in [2.45, 2.75) is 31.7 Å². The Hall–Kier alpha value is -1.34. The Morgan fingerprint density at radius 1 is 1.24 bits per heavy atom. The maximum Gasteiger partial charge on any atom is 0.315 e. The minimum absolute atomic E-state index is 0.00894. The van der Waals surface area contributed by atoms with Crippen molar-refractivity contribution >= 4 is 12.0 Å². The Morgan fingerprint density at radius 3 is 2.67 bits per heavy atom. The summed E-state index contributed by atoms with van der Waals surface area (Å²) in [6.45, 7) is 5.11. The van der Waals surface area contributed by atoms with Crippen molar-refractivity contribution in [1.82, 2.24) is 15.5 Å². The molecule has 1 aliphatic carbocycles. The van der Waals surface area contributed by atoms with Gasteiger partial charge in [-0.05, 0) is 32.2 Å². The average molecular weight is 299 g/mol. The predicted molar refractivity (Wildman–Crippen MR) is 77.2 cm³/mol. The Balaban J connectivity index is 1.52. The van der Waals surface area contributed by atoms with Gasteiger partial charge in [0.1, 0.15) is 0 Å². The van der Waals surface area contributed by atoms with Crippen molar-refractivity contribution in [3.8, 4) is 0 Å². The molecule has 1 saturated carbocycles. The number of morpholine rings is 1. The molecule has 2 atom stereocenters. The Kier molecular flexibility index (Phi) is 6.25. The van der Waals surface area contributed by atoms with Crippen LogP contribution in [0, 0.1) is 5.92 Å². The Bertz CT molecular complexity index is 358. The minimum Gasteiger partial charge on any atom is -0.481 e. The van der Waals surface area contributed by atoms with Crippen molar-refractivity contribution in [2.75, 3.05) is 39.4 Å². The summed E-state index contributed by atoms with van der Waals surface area (Å²) in [7, 11) is 0. The van der Waals surface area contributed by atoms with Gasteiger partial charge in [-0.3, -0.25) is 9.69 Å². The normalized spacial score (nSPS) is 26.5. The van der Waals surface area contributed by atoms with E-state index in [9.17, 15) is 9.59 Å². The van der Waals surface area contributed by atoms with E-state index in [-0.39, 0.29) is 18.0 Å². The number of carbonyl (C=O) groups is 2. The molecular formula is C14H25N3O4. The maximum atomic E-state index is 11.7. The summed E-state index contributed by atoms with van der Waals surface area (Å²) in [4.78, 5) is 24.9. The van der Waals surface area contributed by atoms with Crippen LogP contribution >= 0.6 is 0 Å². The van der Waals surface area contributed by atoms with Gasteiger partial charge in [0.05, 0.1) is 19.1 Å². The van der Waals surface area contributed by atoms with Crippen molar-refractivity contribution in [1.29, 1.82) is 0 Å². The molecule has 120 valence electrons. The highest BCUT2D eigenvalue weighted by Crippen LogP contribution is 2.25. The van der Waals surface area contributed by atoms with Gasteiger partial charge in [0.15, 0.2) is 0 Å². The first-order chi connectivity index (χ1) is 10.1. The molecule has 1 saturated heterocycles. The molecular weight excluding hydrogens is 274 g/mol. The monoisotopic (exact) mass is 299 g/mol. The SMILES string of the molecule is O=C(NCCCN1CCOCC1)N[C@H]1CC[C@@H](C(=O)O)C1. The lowest BCUT2D eigenvalue weighted by Crippen LogP contribution is -2.42. The fraction of sp³-hybridized carbons (Fsp3) is 0.857. The van der Waals surface area contributed by atoms with Gasteiger partial charge in [0.2, 0.25) is 0 Å². The fourth-order valence-corrected chi connectivity index (χ4v) is 2.90. The highest BCUT2D eigenvalue weighted by Gasteiger charge is 2.30. The van der Waals surface area contributed by atoms with Crippen molar-refractivity contribution in [2.24, 2.45) is 5.92 Å². The minimum atomic E-state index is -0.759. The number of carboxylic acids is 1. The van der Waals surface area contributed by atoms with Crippen molar-refractivity contribution in [3.63, 3.8) is 0 Å². The number of nitrogens with zero attached hydrogens (tertiary/aromatic N) is 1. The molecule has 2 amide bonds. The molecule has 21 heavy (non-hydrogen) atoms. The van der Waals surface area contributed by atoms with Crippen LogP contribution in [0.5, 0.6) is 0 Å². The molecule has 1 aliphatic heterocycles. The number of rotatable bonds is 6. The lowest BCUT2D eigenvalue weighted by molar-refractivity contribution is -0.141. The fourth-order valence-electron chi connectivity index (χ4n) is 2.90. The topological polar surface area (TPSA) is 90.9 Å². The number of hydrogen-bond donors (Lipinski definition) is 3. The van der Waals surface area contributed by atoms with E-state index in [2.05, 4.69) is 15.5 Å². The summed E-state index contributed by atoms with van der Waals surface area (Å²) in [6.07, 6.45) is 2.85. The lowest BCUT2D eigenvalue weighted by atomic mass is 10.1. The predicted octanol–water partition coefficient (Wildman–Crippen LogP) is 0.261. The smallest absolute Gasteiger partial charge is 0.315 e. The van der Waals surface area contributed by atoms with E-state index < -0.39 is 5.97 Å². The third kappa shape index (κ3) is 5.51. The number of urea groups is 1. The third-order valence-electron chi connectivity index (χ3n) is 4.16. The molecule has 2 rings (SSSR count). The molecule has 2 aliphatic rings. The summed E-state index contributed by atoms with van der Waals surface area (Å²) < 4.78 is 5.28. The van der Waals surface area contributed by atoms with Crippen LogP contribution in [0.3, 0.4) is 0 Å². The zero-order valence-electron chi connectivity index (χ0n) is 12.3. The van der Waals surface area contributed by atoms with E-state index in [1.54, 1.807) is 0 Å². The number of ether oxygens (including phenoxy) is 1. The van der Waals surface area contributed by atoms with Gasteiger partial charge in [0.25, 0.3) is 0 Å². The number of amides is 2. The molecule has 0 aromatic rings.